The van der Waals surface area contributed by atoms with Gasteiger partial charge in [0.05, 0.1) is 11.1 Å². The minimum Gasteiger partial charge on any atom is -0.478 e. The summed E-state index contributed by atoms with van der Waals surface area (Å²) in [5.41, 5.74) is 15.1. The first-order valence-electron chi connectivity index (χ1n) is 10.6. The molecule has 0 amide bonds. The predicted octanol–water partition coefficient (Wildman–Crippen LogP) is 5.15. The Balaban J connectivity index is 1.58. The van der Waals surface area contributed by atoms with Crippen LogP contribution >= 0.6 is 0 Å². The Labute approximate surface area is 177 Å². The van der Waals surface area contributed by atoms with Crippen LogP contribution in [0.5, 0.6) is 0 Å². The first-order chi connectivity index (χ1) is 14.4. The van der Waals surface area contributed by atoms with E-state index < -0.39 is 11.9 Å². The smallest absolute Gasteiger partial charge is 0.335 e. The van der Waals surface area contributed by atoms with E-state index in [1.165, 1.54) is 0 Å². The SMILES string of the molecule is Nc1ccc(C(=O)O)c(CCCCCCCCCCc2cc(N)ccc2C(=O)O)c1. The standard InChI is InChI=1S/C24H32N2O4/c25-19-11-13-21(23(27)28)17(15-19)9-7-5-3-1-2-4-6-8-10-18-16-20(26)12-14-22(18)24(29)30/h11-16H,1-10,25-26H2,(H,27,28)(H,29,30). The Kier molecular flexibility index (Phi) is 9.19. The second-order valence-corrected chi connectivity index (χ2v) is 7.77. The van der Waals surface area contributed by atoms with Crippen molar-refractivity contribution in [2.24, 2.45) is 0 Å². The van der Waals surface area contributed by atoms with Gasteiger partial charge in [0.2, 0.25) is 0 Å². The number of aromatic carboxylic acids is 2. The summed E-state index contributed by atoms with van der Waals surface area (Å²) in [6, 6.07) is 9.94. The molecule has 0 atom stereocenters. The molecule has 2 aromatic rings. The molecule has 2 aromatic carbocycles. The lowest BCUT2D eigenvalue weighted by Gasteiger charge is -2.08. The molecular formula is C24H32N2O4. The predicted molar refractivity (Wildman–Crippen MR) is 120 cm³/mol. The van der Waals surface area contributed by atoms with Crippen LogP contribution < -0.4 is 11.5 Å². The molecule has 0 bridgehead atoms. The van der Waals surface area contributed by atoms with Gasteiger partial charge in [-0.1, -0.05) is 38.5 Å². The largest absolute Gasteiger partial charge is 0.478 e. The summed E-state index contributed by atoms with van der Waals surface area (Å²) < 4.78 is 0. The van der Waals surface area contributed by atoms with Gasteiger partial charge in [0.25, 0.3) is 0 Å². The Morgan fingerprint density at radius 1 is 0.600 bits per heavy atom. The number of aryl methyl sites for hydroxylation is 2. The zero-order valence-corrected chi connectivity index (χ0v) is 17.4. The molecule has 0 aliphatic rings. The molecule has 30 heavy (non-hydrogen) atoms. The van der Waals surface area contributed by atoms with Gasteiger partial charge in [0, 0.05) is 11.4 Å². The molecule has 2 rings (SSSR count). The average molecular weight is 413 g/mol. The fourth-order valence-corrected chi connectivity index (χ4v) is 3.75. The van der Waals surface area contributed by atoms with Crippen LogP contribution in [0.15, 0.2) is 36.4 Å². The average Bonchev–Trinajstić information content (AvgIpc) is 2.69. The highest BCUT2D eigenvalue weighted by Crippen LogP contribution is 2.19. The molecular weight excluding hydrogens is 380 g/mol. The van der Waals surface area contributed by atoms with Crippen LogP contribution in [-0.4, -0.2) is 22.2 Å². The molecule has 162 valence electrons. The van der Waals surface area contributed by atoms with E-state index in [2.05, 4.69) is 0 Å². The number of carbonyl (C=O) groups is 2. The first kappa shape index (κ1) is 23.3. The number of anilines is 2. The van der Waals surface area contributed by atoms with Gasteiger partial charge in [-0.05, 0) is 73.2 Å². The van der Waals surface area contributed by atoms with Crippen LogP contribution in [0.1, 0.15) is 83.2 Å². The maximum atomic E-state index is 11.3. The van der Waals surface area contributed by atoms with Gasteiger partial charge >= 0.3 is 11.9 Å². The summed E-state index contributed by atoms with van der Waals surface area (Å²) in [5, 5.41) is 18.5. The Bertz CT molecular complexity index is 793. The topological polar surface area (TPSA) is 127 Å². The first-order valence-corrected chi connectivity index (χ1v) is 10.6. The number of hydrogen-bond donors (Lipinski definition) is 4. The van der Waals surface area contributed by atoms with Gasteiger partial charge in [-0.3, -0.25) is 0 Å². The monoisotopic (exact) mass is 412 g/mol. The van der Waals surface area contributed by atoms with Crippen molar-refractivity contribution in [2.75, 3.05) is 11.5 Å². The van der Waals surface area contributed by atoms with Gasteiger partial charge in [-0.25, -0.2) is 9.59 Å². The van der Waals surface area contributed by atoms with E-state index >= 15 is 0 Å². The van der Waals surface area contributed by atoms with Crippen molar-refractivity contribution >= 4 is 23.3 Å². The third kappa shape index (κ3) is 7.43. The van der Waals surface area contributed by atoms with Crippen LogP contribution in [0.2, 0.25) is 0 Å². The molecule has 6 heteroatoms. The minimum absolute atomic E-state index is 0.343. The number of carboxylic acids is 2. The highest BCUT2D eigenvalue weighted by Gasteiger charge is 2.11. The molecule has 0 aromatic heterocycles. The number of nitrogen functional groups attached to an aromatic ring is 2. The van der Waals surface area contributed by atoms with Crippen molar-refractivity contribution in [1.82, 2.24) is 0 Å². The molecule has 0 saturated carbocycles. The van der Waals surface area contributed by atoms with E-state index in [9.17, 15) is 19.8 Å². The van der Waals surface area contributed by atoms with Gasteiger partial charge in [0.15, 0.2) is 0 Å². The fourth-order valence-electron chi connectivity index (χ4n) is 3.75. The molecule has 0 aliphatic carbocycles. The van der Waals surface area contributed by atoms with E-state index in [1.807, 2.05) is 0 Å². The van der Waals surface area contributed by atoms with Crippen molar-refractivity contribution in [2.45, 2.75) is 64.2 Å². The molecule has 0 spiro atoms. The lowest BCUT2D eigenvalue weighted by Crippen LogP contribution is -2.03. The quantitative estimate of drug-likeness (QED) is 0.266. The van der Waals surface area contributed by atoms with Crippen molar-refractivity contribution < 1.29 is 19.8 Å². The summed E-state index contributed by atoms with van der Waals surface area (Å²) in [7, 11) is 0. The lowest BCUT2D eigenvalue weighted by molar-refractivity contribution is 0.0684. The van der Waals surface area contributed by atoms with Crippen molar-refractivity contribution in [3.8, 4) is 0 Å². The van der Waals surface area contributed by atoms with Crippen LogP contribution in [0.3, 0.4) is 0 Å². The maximum Gasteiger partial charge on any atom is 0.335 e. The van der Waals surface area contributed by atoms with Gasteiger partial charge in [-0.2, -0.15) is 0 Å². The van der Waals surface area contributed by atoms with Gasteiger partial charge in [-0.15, -0.1) is 0 Å². The molecule has 0 heterocycles. The highest BCUT2D eigenvalue weighted by atomic mass is 16.4. The third-order valence-electron chi connectivity index (χ3n) is 5.36. The van der Waals surface area contributed by atoms with Gasteiger partial charge in [0.1, 0.15) is 0 Å². The molecule has 0 radical (unpaired) electrons. The summed E-state index contributed by atoms with van der Waals surface area (Å²) in [6.45, 7) is 0. The van der Waals surface area contributed by atoms with Crippen molar-refractivity contribution in [3.05, 3.63) is 58.7 Å². The molecule has 0 unspecified atom stereocenters. The second-order valence-electron chi connectivity index (χ2n) is 7.77. The number of carboxylic acid groups (broad SMARTS) is 2. The van der Waals surface area contributed by atoms with E-state index in [0.717, 1.165) is 75.3 Å². The second kappa shape index (κ2) is 11.9. The number of rotatable bonds is 13. The van der Waals surface area contributed by atoms with E-state index in [-0.39, 0.29) is 0 Å². The van der Waals surface area contributed by atoms with Crippen molar-refractivity contribution in [1.29, 1.82) is 0 Å². The Hall–Kier alpha value is -3.02. The molecule has 0 saturated heterocycles. The van der Waals surface area contributed by atoms with Crippen LogP contribution in [-0.2, 0) is 12.8 Å². The number of benzene rings is 2. The van der Waals surface area contributed by atoms with Crippen LogP contribution in [0, 0.1) is 0 Å². The normalized spacial score (nSPS) is 10.8. The zero-order valence-electron chi connectivity index (χ0n) is 17.4. The van der Waals surface area contributed by atoms with E-state index in [4.69, 9.17) is 11.5 Å². The summed E-state index contributed by atoms with van der Waals surface area (Å²) in [6.07, 6.45) is 10.1. The number of nitrogens with two attached hydrogens (primary N) is 2. The lowest BCUT2D eigenvalue weighted by atomic mass is 9.98. The third-order valence-corrected chi connectivity index (χ3v) is 5.36. The number of unbranched alkanes of at least 4 members (excludes halogenated alkanes) is 7. The van der Waals surface area contributed by atoms with E-state index in [1.54, 1.807) is 36.4 Å². The number of hydrogen-bond acceptors (Lipinski definition) is 4. The molecule has 6 N–H and O–H groups in total. The minimum atomic E-state index is -0.904. The zero-order chi connectivity index (χ0) is 21.9. The summed E-state index contributed by atoms with van der Waals surface area (Å²) >= 11 is 0. The molecule has 6 nitrogen and oxygen atoms in total. The Morgan fingerprint density at radius 3 is 1.27 bits per heavy atom. The summed E-state index contributed by atoms with van der Waals surface area (Å²) in [5.74, 6) is -1.81. The molecule has 0 fully saturated rings. The Morgan fingerprint density at radius 2 is 0.933 bits per heavy atom. The molecule has 0 aliphatic heterocycles. The summed E-state index contributed by atoms with van der Waals surface area (Å²) in [4.78, 5) is 22.6. The fraction of sp³-hybridized carbons (Fsp3) is 0.417. The van der Waals surface area contributed by atoms with Gasteiger partial charge < -0.3 is 21.7 Å². The van der Waals surface area contributed by atoms with Crippen LogP contribution in [0.4, 0.5) is 11.4 Å². The maximum absolute atomic E-state index is 11.3. The van der Waals surface area contributed by atoms with E-state index in [0.29, 0.717) is 22.5 Å². The van der Waals surface area contributed by atoms with Crippen LogP contribution in [0.25, 0.3) is 0 Å². The van der Waals surface area contributed by atoms with Crippen molar-refractivity contribution in [3.63, 3.8) is 0 Å². The highest BCUT2D eigenvalue weighted by molar-refractivity contribution is 5.90.